The molecule has 0 radical (unpaired) electrons. The van der Waals surface area contributed by atoms with Crippen molar-refractivity contribution in [2.75, 3.05) is 0 Å². The molecule has 0 N–H and O–H groups in total. The van der Waals surface area contributed by atoms with Crippen LogP contribution in [0.4, 0.5) is 0 Å². The Morgan fingerprint density at radius 1 is 1.27 bits per heavy atom. The molecule has 0 aliphatic heterocycles. The monoisotopic (exact) mass is 150 g/mol. The van der Waals surface area contributed by atoms with Crippen LogP contribution in [-0.2, 0) is 0 Å². The van der Waals surface area contributed by atoms with Gasteiger partial charge in [0.15, 0.2) is 0 Å². The Morgan fingerprint density at radius 2 is 2.00 bits per heavy atom. The van der Waals surface area contributed by atoms with Crippen molar-refractivity contribution in [2.24, 2.45) is 5.92 Å². The molecule has 0 saturated carbocycles. The minimum atomic E-state index is 0.756. The number of hydrogen-bond acceptors (Lipinski definition) is 0. The molecule has 0 aromatic carbocycles. The topological polar surface area (TPSA) is 0 Å². The van der Waals surface area contributed by atoms with E-state index in [0.29, 0.717) is 0 Å². The largest absolute Gasteiger partial charge is 0.0882 e. The molecule has 0 heterocycles. The highest BCUT2D eigenvalue weighted by atomic mass is 14.1. The number of rotatable bonds is 0. The standard InChI is InChI=1S/C11H18/c1-9-7-5-4-6-8-10(2)11(9)3/h4-5,9H,6-8H2,1-3H3/b5-4-,11-10-. The molecule has 62 valence electrons. The van der Waals surface area contributed by atoms with E-state index in [-0.39, 0.29) is 0 Å². The maximum atomic E-state index is 2.32. The van der Waals surface area contributed by atoms with Gasteiger partial charge in [0.25, 0.3) is 0 Å². The van der Waals surface area contributed by atoms with Crippen molar-refractivity contribution in [1.82, 2.24) is 0 Å². The number of hydrogen-bond donors (Lipinski definition) is 0. The molecule has 1 unspecified atom stereocenters. The quantitative estimate of drug-likeness (QED) is 0.462. The SMILES string of the molecule is C/C1=C(\C)C(C)C/C=C\CC1. The number of allylic oxidation sites excluding steroid dienone is 4. The highest BCUT2D eigenvalue weighted by Crippen LogP contribution is 2.23. The first-order chi connectivity index (χ1) is 5.22. The minimum Gasteiger partial charge on any atom is -0.0882 e. The maximum Gasteiger partial charge on any atom is -0.0197 e. The van der Waals surface area contributed by atoms with E-state index < -0.39 is 0 Å². The van der Waals surface area contributed by atoms with E-state index in [1.807, 2.05) is 0 Å². The third-order valence-electron chi connectivity index (χ3n) is 2.75. The summed E-state index contributed by atoms with van der Waals surface area (Å²) in [6.07, 6.45) is 8.35. The van der Waals surface area contributed by atoms with Crippen LogP contribution < -0.4 is 0 Å². The molecule has 0 bridgehead atoms. The van der Waals surface area contributed by atoms with Crippen molar-refractivity contribution in [1.29, 1.82) is 0 Å². The molecule has 0 saturated heterocycles. The Bertz CT molecular complexity index is 184. The summed E-state index contributed by atoms with van der Waals surface area (Å²) in [4.78, 5) is 0. The second-order valence-corrected chi connectivity index (χ2v) is 3.61. The molecule has 0 heteroatoms. The molecule has 0 fully saturated rings. The summed E-state index contributed by atoms with van der Waals surface area (Å²) in [5.74, 6) is 0.756. The highest BCUT2D eigenvalue weighted by molar-refractivity contribution is 5.15. The Labute approximate surface area is 70.0 Å². The average Bonchev–Trinajstić information content (AvgIpc) is 2.00. The second kappa shape index (κ2) is 3.75. The van der Waals surface area contributed by atoms with E-state index in [4.69, 9.17) is 0 Å². The summed E-state index contributed by atoms with van der Waals surface area (Å²) < 4.78 is 0. The summed E-state index contributed by atoms with van der Waals surface area (Å²) in [6, 6.07) is 0. The van der Waals surface area contributed by atoms with Crippen molar-refractivity contribution in [3.8, 4) is 0 Å². The van der Waals surface area contributed by atoms with Gasteiger partial charge in [-0.05, 0) is 39.0 Å². The van der Waals surface area contributed by atoms with Crippen LogP contribution in [0.1, 0.15) is 40.0 Å². The van der Waals surface area contributed by atoms with Crippen LogP contribution in [-0.4, -0.2) is 0 Å². The van der Waals surface area contributed by atoms with Crippen LogP contribution in [0.5, 0.6) is 0 Å². The summed E-state index contributed by atoms with van der Waals surface area (Å²) in [5, 5.41) is 0. The van der Waals surface area contributed by atoms with Gasteiger partial charge in [-0.15, -0.1) is 0 Å². The lowest BCUT2D eigenvalue weighted by atomic mass is 9.91. The smallest absolute Gasteiger partial charge is 0.0197 e. The van der Waals surface area contributed by atoms with Gasteiger partial charge in [-0.2, -0.15) is 0 Å². The first-order valence-electron chi connectivity index (χ1n) is 4.53. The zero-order chi connectivity index (χ0) is 8.27. The molecular formula is C11H18. The van der Waals surface area contributed by atoms with Crippen molar-refractivity contribution in [3.63, 3.8) is 0 Å². The molecule has 1 rings (SSSR count). The molecular weight excluding hydrogens is 132 g/mol. The fourth-order valence-corrected chi connectivity index (χ4v) is 1.51. The summed E-state index contributed by atoms with van der Waals surface area (Å²) in [7, 11) is 0. The molecule has 11 heavy (non-hydrogen) atoms. The average molecular weight is 150 g/mol. The minimum absolute atomic E-state index is 0.756. The van der Waals surface area contributed by atoms with Gasteiger partial charge in [0.2, 0.25) is 0 Å². The van der Waals surface area contributed by atoms with E-state index in [0.717, 1.165) is 5.92 Å². The molecule has 1 aliphatic carbocycles. The fourth-order valence-electron chi connectivity index (χ4n) is 1.51. The molecule has 0 spiro atoms. The predicted molar refractivity (Wildman–Crippen MR) is 50.5 cm³/mol. The predicted octanol–water partition coefficient (Wildman–Crippen LogP) is 3.70. The third-order valence-corrected chi connectivity index (χ3v) is 2.75. The van der Waals surface area contributed by atoms with Crippen LogP contribution in [0.3, 0.4) is 0 Å². The summed E-state index contributed by atoms with van der Waals surface area (Å²) in [6.45, 7) is 6.86. The maximum absolute atomic E-state index is 2.32. The second-order valence-electron chi connectivity index (χ2n) is 3.61. The van der Waals surface area contributed by atoms with Crippen molar-refractivity contribution in [2.45, 2.75) is 40.0 Å². The molecule has 0 nitrogen and oxygen atoms in total. The summed E-state index contributed by atoms with van der Waals surface area (Å²) >= 11 is 0. The lowest BCUT2D eigenvalue weighted by Gasteiger charge is -2.15. The van der Waals surface area contributed by atoms with Gasteiger partial charge in [-0.1, -0.05) is 30.2 Å². The van der Waals surface area contributed by atoms with Crippen LogP contribution in [0.25, 0.3) is 0 Å². The van der Waals surface area contributed by atoms with Crippen molar-refractivity contribution < 1.29 is 0 Å². The van der Waals surface area contributed by atoms with E-state index >= 15 is 0 Å². The normalized spacial score (nSPS) is 36.1. The van der Waals surface area contributed by atoms with Crippen LogP contribution in [0.15, 0.2) is 23.3 Å². The Balaban J connectivity index is 2.72. The van der Waals surface area contributed by atoms with Crippen LogP contribution >= 0.6 is 0 Å². The van der Waals surface area contributed by atoms with E-state index in [2.05, 4.69) is 32.9 Å². The van der Waals surface area contributed by atoms with E-state index in [1.165, 1.54) is 19.3 Å². The van der Waals surface area contributed by atoms with Crippen LogP contribution in [0, 0.1) is 5.92 Å². The Morgan fingerprint density at radius 3 is 2.73 bits per heavy atom. The van der Waals surface area contributed by atoms with Crippen molar-refractivity contribution >= 4 is 0 Å². The zero-order valence-corrected chi connectivity index (χ0v) is 7.85. The van der Waals surface area contributed by atoms with Gasteiger partial charge in [0.1, 0.15) is 0 Å². The first kappa shape index (κ1) is 8.58. The molecule has 1 aliphatic rings. The molecule has 0 aromatic rings. The summed E-state index contributed by atoms with van der Waals surface area (Å²) in [5.41, 5.74) is 3.20. The highest BCUT2D eigenvalue weighted by Gasteiger charge is 2.06. The van der Waals surface area contributed by atoms with Gasteiger partial charge in [-0.3, -0.25) is 0 Å². The molecule has 1 atom stereocenters. The zero-order valence-electron chi connectivity index (χ0n) is 7.85. The first-order valence-corrected chi connectivity index (χ1v) is 4.53. The van der Waals surface area contributed by atoms with E-state index in [9.17, 15) is 0 Å². The van der Waals surface area contributed by atoms with Crippen LogP contribution in [0.2, 0.25) is 0 Å². The van der Waals surface area contributed by atoms with E-state index in [1.54, 1.807) is 11.1 Å². The lowest BCUT2D eigenvalue weighted by Crippen LogP contribution is -1.99. The fraction of sp³-hybridized carbons (Fsp3) is 0.636. The lowest BCUT2D eigenvalue weighted by molar-refractivity contribution is 0.668. The van der Waals surface area contributed by atoms with Gasteiger partial charge in [0.05, 0.1) is 0 Å². The molecule has 0 aromatic heterocycles. The van der Waals surface area contributed by atoms with Crippen molar-refractivity contribution in [3.05, 3.63) is 23.3 Å². The Hall–Kier alpha value is -0.520. The van der Waals surface area contributed by atoms with Gasteiger partial charge in [-0.25, -0.2) is 0 Å². The van der Waals surface area contributed by atoms with Gasteiger partial charge >= 0.3 is 0 Å². The molecule has 0 amide bonds. The van der Waals surface area contributed by atoms with Gasteiger partial charge < -0.3 is 0 Å². The van der Waals surface area contributed by atoms with Gasteiger partial charge in [0, 0.05) is 0 Å². The third kappa shape index (κ3) is 2.21. The Kier molecular flexibility index (Phi) is 2.92.